The highest BCUT2D eigenvalue weighted by Crippen LogP contribution is 2.19. The minimum atomic E-state index is -0.332. The smallest absolute Gasteiger partial charge is 0.124 e. The fourth-order valence-corrected chi connectivity index (χ4v) is 1.11. The van der Waals surface area contributed by atoms with E-state index < -0.39 is 0 Å². The van der Waals surface area contributed by atoms with Crippen LogP contribution in [0.2, 0.25) is 6.32 Å². The van der Waals surface area contributed by atoms with Gasteiger partial charge < -0.3 is 5.11 Å². The van der Waals surface area contributed by atoms with Crippen LogP contribution in [0.4, 0.5) is 4.39 Å². The van der Waals surface area contributed by atoms with E-state index in [9.17, 15) is 4.39 Å². The normalized spacial score (nSPS) is 13.9. The summed E-state index contributed by atoms with van der Waals surface area (Å²) in [4.78, 5) is 0. The van der Waals surface area contributed by atoms with Gasteiger partial charge in [-0.25, -0.2) is 4.39 Å². The number of hydrogen-bond acceptors (Lipinski definition) is 1. The molecule has 1 nitrogen and oxygen atoms in total. The predicted octanol–water partition coefficient (Wildman–Crippen LogP) is 1.78. The quantitative estimate of drug-likeness (QED) is 0.507. The zero-order chi connectivity index (χ0) is 10.3. The lowest BCUT2D eigenvalue weighted by atomic mass is 10.0. The van der Waals surface area contributed by atoms with Gasteiger partial charge in [0.05, 0.1) is 6.61 Å². The summed E-state index contributed by atoms with van der Waals surface area (Å²) >= 11 is 0. The first-order valence-corrected chi connectivity index (χ1v) is 4.52. The van der Waals surface area contributed by atoms with Gasteiger partial charge >= 0.3 is 0 Å². The van der Waals surface area contributed by atoms with Gasteiger partial charge in [-0.2, -0.15) is 0 Å². The van der Waals surface area contributed by atoms with Crippen molar-refractivity contribution in [2.75, 3.05) is 6.61 Å². The Hall–Kier alpha value is -0.825. The van der Waals surface area contributed by atoms with E-state index in [1.165, 1.54) is 6.08 Å². The lowest BCUT2D eigenvalue weighted by molar-refractivity contribution is 0.326. The predicted molar refractivity (Wildman–Crippen MR) is 57.1 cm³/mol. The van der Waals surface area contributed by atoms with E-state index in [0.717, 1.165) is 5.57 Å². The summed E-state index contributed by atoms with van der Waals surface area (Å²) in [5.41, 5.74) is 1.13. The lowest BCUT2D eigenvalue weighted by Gasteiger charge is -2.06. The Labute approximate surface area is 80.1 Å². The number of rotatable bonds is 5. The van der Waals surface area contributed by atoms with E-state index in [1.807, 2.05) is 14.8 Å². The minimum absolute atomic E-state index is 0.266. The first-order chi connectivity index (χ1) is 6.21. The van der Waals surface area contributed by atoms with E-state index >= 15 is 0 Å². The van der Waals surface area contributed by atoms with E-state index in [2.05, 4.69) is 6.58 Å². The summed E-state index contributed by atoms with van der Waals surface area (Å²) in [6, 6.07) is 0. The van der Waals surface area contributed by atoms with E-state index in [4.69, 9.17) is 5.11 Å². The second kappa shape index (κ2) is 6.67. The zero-order valence-corrected chi connectivity index (χ0v) is 8.31. The molecule has 0 aromatic rings. The van der Waals surface area contributed by atoms with Gasteiger partial charge in [0.2, 0.25) is 0 Å². The molecule has 0 bridgehead atoms. The van der Waals surface area contributed by atoms with Crippen LogP contribution in [-0.2, 0) is 0 Å². The Bertz CT molecular complexity index is 231. The van der Waals surface area contributed by atoms with Crippen LogP contribution in [0.15, 0.2) is 35.7 Å². The third-order valence-electron chi connectivity index (χ3n) is 1.84. The first-order valence-electron chi connectivity index (χ1n) is 4.52. The van der Waals surface area contributed by atoms with Crippen molar-refractivity contribution < 1.29 is 9.50 Å². The Balaban J connectivity index is 4.95. The van der Waals surface area contributed by atoms with E-state index in [-0.39, 0.29) is 12.4 Å². The van der Waals surface area contributed by atoms with Crippen LogP contribution in [-0.4, -0.2) is 19.6 Å². The Morgan fingerprint density at radius 3 is 2.54 bits per heavy atom. The molecular formula is C10H16BFO. The van der Waals surface area contributed by atoms with Crippen LogP contribution < -0.4 is 0 Å². The molecule has 3 heteroatoms. The lowest BCUT2D eigenvalue weighted by Crippen LogP contribution is -1.96. The molecule has 0 rings (SSSR count). The highest BCUT2D eigenvalue weighted by atomic mass is 19.1. The van der Waals surface area contributed by atoms with Gasteiger partial charge in [0.1, 0.15) is 13.7 Å². The molecule has 0 saturated heterocycles. The Morgan fingerprint density at radius 1 is 1.62 bits per heavy atom. The molecule has 0 aromatic heterocycles. The third-order valence-corrected chi connectivity index (χ3v) is 1.84. The number of hydrogen-bond donors (Lipinski definition) is 1. The Morgan fingerprint density at radius 2 is 2.23 bits per heavy atom. The summed E-state index contributed by atoms with van der Waals surface area (Å²) in [7, 11) is 1.86. The molecule has 13 heavy (non-hydrogen) atoms. The summed E-state index contributed by atoms with van der Waals surface area (Å²) < 4.78 is 13.3. The maximum atomic E-state index is 13.3. The molecule has 0 aliphatic carbocycles. The molecule has 0 aliphatic rings. The van der Waals surface area contributed by atoms with Crippen LogP contribution in [0.1, 0.15) is 13.3 Å². The number of aliphatic hydroxyl groups is 1. The standard InChI is InChI=1S/C10H16BFO/c1-3-8(4-2)9(7-13)10(12)5-6-11/h3,5,13H,1,4,6-7,11H2,2H3/b9-8+,10-5+. The fourth-order valence-electron chi connectivity index (χ4n) is 1.11. The molecule has 0 radical (unpaired) electrons. The van der Waals surface area contributed by atoms with E-state index in [1.54, 1.807) is 6.08 Å². The molecule has 1 N–H and O–H groups in total. The van der Waals surface area contributed by atoms with E-state index in [0.29, 0.717) is 18.3 Å². The molecule has 72 valence electrons. The highest BCUT2D eigenvalue weighted by molar-refractivity contribution is 6.09. The maximum absolute atomic E-state index is 13.3. The van der Waals surface area contributed by atoms with Crippen LogP contribution in [0.25, 0.3) is 0 Å². The third kappa shape index (κ3) is 3.60. The summed E-state index contributed by atoms with van der Waals surface area (Å²) in [5.74, 6) is -0.332. The topological polar surface area (TPSA) is 20.2 Å². The summed E-state index contributed by atoms with van der Waals surface area (Å²) in [5, 5.41) is 8.97. The molecule has 0 atom stereocenters. The second-order valence-corrected chi connectivity index (χ2v) is 2.68. The molecule has 0 aromatic carbocycles. The van der Waals surface area contributed by atoms with Crippen LogP contribution in [0.3, 0.4) is 0 Å². The molecule has 0 amide bonds. The van der Waals surface area contributed by atoms with Gasteiger partial charge in [0.15, 0.2) is 0 Å². The largest absolute Gasteiger partial charge is 0.392 e. The molecule has 0 spiro atoms. The SMILES string of the molecule is BC/C=C(F)\C(CO)=C(/C=C)CC. The molecule has 0 fully saturated rings. The fraction of sp³-hybridized carbons (Fsp3) is 0.400. The van der Waals surface area contributed by atoms with Gasteiger partial charge in [0.25, 0.3) is 0 Å². The van der Waals surface area contributed by atoms with Crippen molar-refractivity contribution in [2.24, 2.45) is 0 Å². The monoisotopic (exact) mass is 182 g/mol. The number of allylic oxidation sites excluding steroid dienone is 3. The van der Waals surface area contributed by atoms with Crippen molar-refractivity contribution in [3.8, 4) is 0 Å². The maximum Gasteiger partial charge on any atom is 0.124 e. The van der Waals surface area contributed by atoms with Crippen LogP contribution in [0.5, 0.6) is 0 Å². The Kier molecular flexibility index (Phi) is 6.24. The molecule has 0 unspecified atom stereocenters. The van der Waals surface area contributed by atoms with Gasteiger partial charge in [-0.1, -0.05) is 32.0 Å². The van der Waals surface area contributed by atoms with Crippen LogP contribution >= 0.6 is 0 Å². The van der Waals surface area contributed by atoms with Gasteiger partial charge in [-0.15, -0.1) is 0 Å². The molecular weight excluding hydrogens is 166 g/mol. The van der Waals surface area contributed by atoms with Crippen molar-refractivity contribution in [3.05, 3.63) is 35.7 Å². The van der Waals surface area contributed by atoms with Crippen molar-refractivity contribution in [2.45, 2.75) is 19.7 Å². The van der Waals surface area contributed by atoms with Gasteiger partial charge in [-0.3, -0.25) is 0 Å². The van der Waals surface area contributed by atoms with Gasteiger partial charge in [0, 0.05) is 5.57 Å². The van der Waals surface area contributed by atoms with Crippen molar-refractivity contribution in [1.82, 2.24) is 0 Å². The van der Waals surface area contributed by atoms with Crippen LogP contribution in [0, 0.1) is 0 Å². The summed E-state index contributed by atoms with van der Waals surface area (Å²) in [6.07, 6.45) is 4.37. The first kappa shape index (κ1) is 12.2. The van der Waals surface area contributed by atoms with Crippen molar-refractivity contribution >= 4 is 7.85 Å². The second-order valence-electron chi connectivity index (χ2n) is 2.68. The molecule has 0 heterocycles. The molecule has 0 saturated carbocycles. The average Bonchev–Trinajstić information content (AvgIpc) is 2.14. The zero-order valence-electron chi connectivity index (χ0n) is 8.31. The van der Waals surface area contributed by atoms with Crippen molar-refractivity contribution in [1.29, 1.82) is 0 Å². The molecule has 0 aliphatic heterocycles. The number of aliphatic hydroxyl groups excluding tert-OH is 1. The van der Waals surface area contributed by atoms with Crippen molar-refractivity contribution in [3.63, 3.8) is 0 Å². The average molecular weight is 182 g/mol. The minimum Gasteiger partial charge on any atom is -0.392 e. The number of halogens is 1. The summed E-state index contributed by atoms with van der Waals surface area (Å²) in [6.45, 7) is 5.22. The van der Waals surface area contributed by atoms with Gasteiger partial charge in [-0.05, 0) is 12.0 Å². The highest BCUT2D eigenvalue weighted by Gasteiger charge is 2.06.